The molecule has 1 N–H and O–H groups in total. The van der Waals surface area contributed by atoms with Gasteiger partial charge in [-0.25, -0.2) is 9.18 Å². The van der Waals surface area contributed by atoms with E-state index in [-0.39, 0.29) is 23.1 Å². The Bertz CT molecular complexity index is 739. The van der Waals surface area contributed by atoms with Crippen molar-refractivity contribution in [2.75, 3.05) is 6.54 Å². The molecule has 2 aromatic carbocycles. The van der Waals surface area contributed by atoms with Crippen molar-refractivity contribution in [3.05, 3.63) is 59.9 Å². The van der Waals surface area contributed by atoms with Gasteiger partial charge in [-0.3, -0.25) is 4.79 Å². The second kappa shape index (κ2) is 9.17. The van der Waals surface area contributed by atoms with E-state index in [1.807, 2.05) is 6.92 Å². The Morgan fingerprint density at radius 3 is 2.56 bits per heavy atom. The summed E-state index contributed by atoms with van der Waals surface area (Å²) in [6.07, 6.45) is 0.665. The Labute approximate surface area is 153 Å². The molecular weight excluding hydrogens is 393 g/mol. The first kappa shape index (κ1) is 18.9. The highest BCUT2D eigenvalue weighted by Crippen LogP contribution is 2.30. The van der Waals surface area contributed by atoms with Crippen LogP contribution in [0.15, 0.2) is 48.5 Å². The Morgan fingerprint density at radius 1 is 1.16 bits per heavy atom. The molecule has 7 heteroatoms. The zero-order chi connectivity index (χ0) is 18.2. The minimum atomic E-state index is -0.734. The fourth-order valence-electron chi connectivity index (χ4n) is 1.88. The van der Waals surface area contributed by atoms with Crippen LogP contribution >= 0.6 is 15.9 Å². The molecule has 0 aliphatic heterocycles. The molecule has 0 aliphatic carbocycles. The SMILES string of the molecule is CCC(Br)Oc1ccc(F)cc1OC(=O)CNC(=O)c1ccccc1. The van der Waals surface area contributed by atoms with E-state index in [1.54, 1.807) is 30.3 Å². The first-order valence-electron chi connectivity index (χ1n) is 7.63. The van der Waals surface area contributed by atoms with Crippen LogP contribution in [0.4, 0.5) is 4.39 Å². The summed E-state index contributed by atoms with van der Waals surface area (Å²) < 4.78 is 24.1. The van der Waals surface area contributed by atoms with Gasteiger partial charge in [-0.15, -0.1) is 0 Å². The second-order valence-electron chi connectivity index (χ2n) is 5.05. The Hall–Kier alpha value is -2.41. The molecule has 25 heavy (non-hydrogen) atoms. The van der Waals surface area contributed by atoms with E-state index in [0.29, 0.717) is 12.0 Å². The molecule has 0 bridgehead atoms. The monoisotopic (exact) mass is 409 g/mol. The molecule has 1 atom stereocenters. The zero-order valence-corrected chi connectivity index (χ0v) is 15.1. The lowest BCUT2D eigenvalue weighted by Gasteiger charge is -2.15. The zero-order valence-electron chi connectivity index (χ0n) is 13.5. The van der Waals surface area contributed by atoms with Crippen molar-refractivity contribution >= 4 is 27.8 Å². The molecule has 2 rings (SSSR count). The van der Waals surface area contributed by atoms with E-state index in [9.17, 15) is 14.0 Å². The number of amides is 1. The van der Waals surface area contributed by atoms with Gasteiger partial charge in [-0.1, -0.05) is 25.1 Å². The van der Waals surface area contributed by atoms with Gasteiger partial charge in [0.1, 0.15) is 12.4 Å². The van der Waals surface area contributed by atoms with Crippen molar-refractivity contribution in [1.82, 2.24) is 5.32 Å². The summed E-state index contributed by atoms with van der Waals surface area (Å²) in [6, 6.07) is 12.1. The minimum absolute atomic E-state index is 0.0446. The fourth-order valence-corrected chi connectivity index (χ4v) is 2.08. The summed E-state index contributed by atoms with van der Waals surface area (Å²) in [5.74, 6) is -1.52. The molecule has 1 unspecified atom stereocenters. The van der Waals surface area contributed by atoms with Crippen molar-refractivity contribution in [1.29, 1.82) is 0 Å². The third-order valence-corrected chi connectivity index (χ3v) is 3.97. The van der Waals surface area contributed by atoms with Crippen molar-refractivity contribution in [3.8, 4) is 11.5 Å². The van der Waals surface area contributed by atoms with Crippen LogP contribution in [0.5, 0.6) is 11.5 Å². The van der Waals surface area contributed by atoms with Crippen molar-refractivity contribution in [3.63, 3.8) is 0 Å². The van der Waals surface area contributed by atoms with Gasteiger partial charge in [0.15, 0.2) is 16.5 Å². The minimum Gasteiger partial charge on any atom is -0.475 e. The van der Waals surface area contributed by atoms with E-state index in [0.717, 1.165) is 6.07 Å². The number of hydrogen-bond acceptors (Lipinski definition) is 4. The molecule has 0 heterocycles. The van der Waals surface area contributed by atoms with Crippen LogP contribution in [-0.2, 0) is 4.79 Å². The number of ether oxygens (including phenoxy) is 2. The van der Waals surface area contributed by atoms with Crippen LogP contribution in [-0.4, -0.2) is 23.4 Å². The Balaban J connectivity index is 1.98. The number of carbonyl (C=O) groups excluding carboxylic acids is 2. The molecule has 0 spiro atoms. The maximum Gasteiger partial charge on any atom is 0.330 e. The molecule has 0 saturated heterocycles. The Kier molecular flexibility index (Phi) is 6.94. The standard InChI is InChI=1S/C18H17BrFNO4/c1-2-16(19)24-14-9-8-13(20)10-15(14)25-17(22)11-21-18(23)12-6-4-3-5-7-12/h3-10,16H,2,11H2,1H3,(H,21,23). The summed E-state index contributed by atoms with van der Waals surface area (Å²) in [6.45, 7) is 1.54. The quantitative estimate of drug-likeness (QED) is 0.430. The van der Waals surface area contributed by atoms with Gasteiger partial charge in [-0.2, -0.15) is 0 Å². The van der Waals surface area contributed by atoms with Gasteiger partial charge in [0.2, 0.25) is 0 Å². The third kappa shape index (κ3) is 5.86. The van der Waals surface area contributed by atoms with Crippen LogP contribution in [0, 0.1) is 5.82 Å². The lowest BCUT2D eigenvalue weighted by Crippen LogP contribution is -2.32. The molecule has 0 aliphatic rings. The number of carbonyl (C=O) groups is 2. The molecule has 132 valence electrons. The van der Waals surface area contributed by atoms with E-state index >= 15 is 0 Å². The molecule has 2 aromatic rings. The molecule has 1 amide bonds. The average Bonchev–Trinajstić information content (AvgIpc) is 2.62. The number of hydrogen-bond donors (Lipinski definition) is 1. The highest BCUT2D eigenvalue weighted by molar-refractivity contribution is 9.09. The summed E-state index contributed by atoms with van der Waals surface area (Å²) in [7, 11) is 0. The predicted molar refractivity (Wildman–Crippen MR) is 94.4 cm³/mol. The van der Waals surface area contributed by atoms with Crippen molar-refractivity contribution < 1.29 is 23.5 Å². The number of halogens is 2. The predicted octanol–water partition coefficient (Wildman–Crippen LogP) is 3.67. The smallest absolute Gasteiger partial charge is 0.330 e. The van der Waals surface area contributed by atoms with Gasteiger partial charge in [-0.05, 0) is 46.6 Å². The lowest BCUT2D eigenvalue weighted by atomic mass is 10.2. The van der Waals surface area contributed by atoms with Gasteiger partial charge in [0, 0.05) is 11.6 Å². The summed E-state index contributed by atoms with van der Waals surface area (Å²) >= 11 is 3.29. The van der Waals surface area contributed by atoms with Crippen LogP contribution in [0.1, 0.15) is 23.7 Å². The molecule has 5 nitrogen and oxygen atoms in total. The summed E-state index contributed by atoms with van der Waals surface area (Å²) in [5, 5.41) is 2.15. The van der Waals surface area contributed by atoms with Gasteiger partial charge >= 0.3 is 5.97 Å². The number of benzene rings is 2. The van der Waals surface area contributed by atoms with Crippen LogP contribution < -0.4 is 14.8 Å². The lowest BCUT2D eigenvalue weighted by molar-refractivity contribution is -0.133. The van der Waals surface area contributed by atoms with Gasteiger partial charge < -0.3 is 14.8 Å². The van der Waals surface area contributed by atoms with E-state index in [2.05, 4.69) is 21.2 Å². The van der Waals surface area contributed by atoms with Crippen LogP contribution in [0.3, 0.4) is 0 Å². The highest BCUT2D eigenvalue weighted by atomic mass is 79.9. The first-order valence-corrected chi connectivity index (χ1v) is 8.55. The van der Waals surface area contributed by atoms with Crippen LogP contribution in [0.2, 0.25) is 0 Å². The van der Waals surface area contributed by atoms with Gasteiger partial charge in [0.25, 0.3) is 5.91 Å². The van der Waals surface area contributed by atoms with Crippen molar-refractivity contribution in [2.24, 2.45) is 0 Å². The van der Waals surface area contributed by atoms with Crippen LogP contribution in [0.25, 0.3) is 0 Å². The molecule has 0 radical (unpaired) electrons. The number of nitrogens with one attached hydrogen (secondary N) is 1. The molecule has 0 fully saturated rings. The highest BCUT2D eigenvalue weighted by Gasteiger charge is 2.15. The number of rotatable bonds is 7. The van der Waals surface area contributed by atoms with Crippen molar-refractivity contribution in [2.45, 2.75) is 18.4 Å². The molecular formula is C18H17BrFNO4. The maximum absolute atomic E-state index is 13.4. The Morgan fingerprint density at radius 2 is 1.88 bits per heavy atom. The van der Waals surface area contributed by atoms with E-state index < -0.39 is 17.7 Å². The summed E-state index contributed by atoms with van der Waals surface area (Å²) in [5.41, 5.74) is 0.426. The molecule has 0 saturated carbocycles. The largest absolute Gasteiger partial charge is 0.475 e. The molecule has 0 aromatic heterocycles. The fraction of sp³-hybridized carbons (Fsp3) is 0.222. The third-order valence-electron chi connectivity index (χ3n) is 3.13. The van der Waals surface area contributed by atoms with E-state index in [1.165, 1.54) is 12.1 Å². The maximum atomic E-state index is 13.4. The van der Waals surface area contributed by atoms with E-state index in [4.69, 9.17) is 9.47 Å². The normalized spacial score (nSPS) is 11.5. The second-order valence-corrected chi connectivity index (χ2v) is 6.07. The number of alkyl halides is 1. The summed E-state index contributed by atoms with van der Waals surface area (Å²) in [4.78, 5) is 23.8. The first-order chi connectivity index (χ1) is 12.0. The average molecular weight is 410 g/mol. The topological polar surface area (TPSA) is 64.6 Å². The van der Waals surface area contributed by atoms with Gasteiger partial charge in [0.05, 0.1) is 0 Å². The number of esters is 1.